The Labute approximate surface area is 114 Å². The molecule has 1 rings (SSSR count). The van der Waals surface area contributed by atoms with E-state index in [9.17, 15) is 0 Å². The normalized spacial score (nSPS) is 14.7. The van der Waals surface area contributed by atoms with Gasteiger partial charge in [-0.15, -0.1) is 10.2 Å². The molecule has 1 aromatic rings. The summed E-state index contributed by atoms with van der Waals surface area (Å²) in [4.78, 5) is 0. The van der Waals surface area contributed by atoms with Gasteiger partial charge in [0.2, 0.25) is 5.89 Å². The van der Waals surface area contributed by atoms with Gasteiger partial charge < -0.3 is 9.73 Å². The molecule has 4 nitrogen and oxygen atoms in total. The summed E-state index contributed by atoms with van der Waals surface area (Å²) in [7, 11) is 0. The summed E-state index contributed by atoms with van der Waals surface area (Å²) in [5.41, 5.74) is 0. The number of aryl methyl sites for hydroxylation is 1. The Hall–Kier alpha value is -0.550. The minimum atomic E-state index is 0.497. The summed E-state index contributed by atoms with van der Waals surface area (Å²) in [5, 5.41) is 12.8. The van der Waals surface area contributed by atoms with Crippen molar-refractivity contribution in [2.75, 3.05) is 6.54 Å². The van der Waals surface area contributed by atoms with Gasteiger partial charge in [-0.3, -0.25) is 0 Å². The Bertz CT molecular complexity index is 330. The molecule has 0 aliphatic carbocycles. The molecule has 0 amide bonds. The van der Waals surface area contributed by atoms with Crippen molar-refractivity contribution in [3.8, 4) is 0 Å². The Kier molecular flexibility index (Phi) is 7.35. The van der Waals surface area contributed by atoms with Crippen molar-refractivity contribution in [1.82, 2.24) is 15.5 Å². The number of hydrogen-bond donors (Lipinski definition) is 1. The predicted molar refractivity (Wildman–Crippen MR) is 76.0 cm³/mol. The van der Waals surface area contributed by atoms with Crippen LogP contribution in [-0.2, 0) is 0 Å². The lowest BCUT2D eigenvalue weighted by Gasteiger charge is -2.25. The van der Waals surface area contributed by atoms with Gasteiger partial charge in [-0.2, -0.15) is 0 Å². The van der Waals surface area contributed by atoms with E-state index in [1.54, 1.807) is 11.8 Å². The van der Waals surface area contributed by atoms with Crippen LogP contribution in [0.5, 0.6) is 0 Å². The lowest BCUT2D eigenvalue weighted by molar-refractivity contribution is 0.419. The Balaban J connectivity index is 2.59. The molecule has 2 atom stereocenters. The third-order valence-electron chi connectivity index (χ3n) is 2.87. The second kappa shape index (κ2) is 8.53. The van der Waals surface area contributed by atoms with Gasteiger partial charge in [0.25, 0.3) is 5.22 Å². The van der Waals surface area contributed by atoms with E-state index in [-0.39, 0.29) is 0 Å². The molecule has 2 unspecified atom stereocenters. The first-order chi connectivity index (χ1) is 8.71. The van der Waals surface area contributed by atoms with E-state index >= 15 is 0 Å². The molecule has 0 radical (unpaired) electrons. The first kappa shape index (κ1) is 15.5. The molecule has 1 aromatic heterocycles. The molecule has 5 heteroatoms. The highest BCUT2D eigenvalue weighted by Crippen LogP contribution is 2.28. The highest BCUT2D eigenvalue weighted by molar-refractivity contribution is 7.99. The monoisotopic (exact) mass is 271 g/mol. The molecular formula is C13H25N3OS. The highest BCUT2D eigenvalue weighted by atomic mass is 32.2. The Morgan fingerprint density at radius 2 is 2.00 bits per heavy atom. The number of rotatable bonds is 9. The second-order valence-electron chi connectivity index (χ2n) is 4.50. The zero-order chi connectivity index (χ0) is 13.4. The molecule has 0 fully saturated rings. The summed E-state index contributed by atoms with van der Waals surface area (Å²) < 4.78 is 5.46. The van der Waals surface area contributed by atoms with Crippen molar-refractivity contribution in [3.63, 3.8) is 0 Å². The fourth-order valence-corrected chi connectivity index (χ4v) is 3.04. The van der Waals surface area contributed by atoms with Crippen molar-refractivity contribution in [1.29, 1.82) is 0 Å². The maximum absolute atomic E-state index is 5.46. The van der Waals surface area contributed by atoms with E-state index < -0.39 is 0 Å². The molecule has 0 saturated carbocycles. The molecule has 0 aliphatic rings. The van der Waals surface area contributed by atoms with Crippen LogP contribution >= 0.6 is 11.8 Å². The van der Waals surface area contributed by atoms with Crippen LogP contribution in [0.1, 0.15) is 52.3 Å². The van der Waals surface area contributed by atoms with Crippen molar-refractivity contribution < 1.29 is 4.42 Å². The van der Waals surface area contributed by atoms with Gasteiger partial charge in [-0.1, -0.05) is 39.0 Å². The van der Waals surface area contributed by atoms with Crippen LogP contribution in [0.4, 0.5) is 0 Å². The summed E-state index contributed by atoms with van der Waals surface area (Å²) >= 11 is 1.71. The number of thioether (sulfide) groups is 1. The maximum atomic E-state index is 5.46. The molecule has 0 saturated heterocycles. The molecule has 0 aliphatic heterocycles. The van der Waals surface area contributed by atoms with E-state index in [1.807, 2.05) is 6.92 Å². The lowest BCUT2D eigenvalue weighted by atomic mass is 10.1. The standard InChI is InChI=1S/C13H25N3OS/c1-5-8-11(14-9-6-2)12(7-3)18-13-16-15-10(4)17-13/h11-12,14H,5-9H2,1-4H3. The molecule has 1 N–H and O–H groups in total. The first-order valence-electron chi connectivity index (χ1n) is 6.91. The second-order valence-corrected chi connectivity index (χ2v) is 5.69. The maximum Gasteiger partial charge on any atom is 0.276 e. The van der Waals surface area contributed by atoms with E-state index in [4.69, 9.17) is 4.42 Å². The van der Waals surface area contributed by atoms with Gasteiger partial charge in [0.15, 0.2) is 0 Å². The Morgan fingerprint density at radius 3 is 2.50 bits per heavy atom. The SMILES string of the molecule is CCCNC(CCC)C(CC)Sc1nnc(C)o1. The molecule has 1 heterocycles. The quantitative estimate of drug-likeness (QED) is 0.697. The van der Waals surface area contributed by atoms with Gasteiger partial charge in [0, 0.05) is 18.2 Å². The average molecular weight is 271 g/mol. The van der Waals surface area contributed by atoms with Crippen LogP contribution in [-0.4, -0.2) is 28.0 Å². The van der Waals surface area contributed by atoms with E-state index in [0.29, 0.717) is 22.4 Å². The smallest absolute Gasteiger partial charge is 0.276 e. The first-order valence-corrected chi connectivity index (χ1v) is 7.79. The third-order valence-corrected chi connectivity index (χ3v) is 4.20. The van der Waals surface area contributed by atoms with Crippen LogP contribution in [0.25, 0.3) is 0 Å². The van der Waals surface area contributed by atoms with Crippen LogP contribution < -0.4 is 5.32 Å². The van der Waals surface area contributed by atoms with E-state index in [0.717, 1.165) is 13.0 Å². The molecule has 18 heavy (non-hydrogen) atoms. The minimum Gasteiger partial charge on any atom is -0.416 e. The topological polar surface area (TPSA) is 51.0 Å². The summed E-state index contributed by atoms with van der Waals surface area (Å²) in [6.45, 7) is 9.55. The van der Waals surface area contributed by atoms with Gasteiger partial charge >= 0.3 is 0 Å². The van der Waals surface area contributed by atoms with E-state index in [1.165, 1.54) is 19.3 Å². The van der Waals surface area contributed by atoms with Crippen LogP contribution in [0.15, 0.2) is 9.64 Å². The van der Waals surface area contributed by atoms with Crippen molar-refractivity contribution in [3.05, 3.63) is 5.89 Å². The minimum absolute atomic E-state index is 0.497. The highest BCUT2D eigenvalue weighted by Gasteiger charge is 2.22. The number of nitrogens with zero attached hydrogens (tertiary/aromatic N) is 2. The van der Waals surface area contributed by atoms with Gasteiger partial charge in [-0.05, 0) is 25.8 Å². The largest absolute Gasteiger partial charge is 0.416 e. The predicted octanol–water partition coefficient (Wildman–Crippen LogP) is 3.42. The molecule has 0 bridgehead atoms. The number of hydrogen-bond acceptors (Lipinski definition) is 5. The zero-order valence-corrected chi connectivity index (χ0v) is 12.7. The average Bonchev–Trinajstić information content (AvgIpc) is 2.77. The van der Waals surface area contributed by atoms with Gasteiger partial charge in [-0.25, -0.2) is 0 Å². The summed E-state index contributed by atoms with van der Waals surface area (Å²) in [6.07, 6.45) is 4.66. The molecular weight excluding hydrogens is 246 g/mol. The van der Waals surface area contributed by atoms with Crippen LogP contribution in [0.3, 0.4) is 0 Å². The number of nitrogens with one attached hydrogen (secondary N) is 1. The van der Waals surface area contributed by atoms with Gasteiger partial charge in [0.1, 0.15) is 0 Å². The van der Waals surface area contributed by atoms with Crippen molar-refractivity contribution in [2.24, 2.45) is 0 Å². The molecule has 0 aromatic carbocycles. The third kappa shape index (κ3) is 4.98. The zero-order valence-electron chi connectivity index (χ0n) is 11.9. The lowest BCUT2D eigenvalue weighted by Crippen LogP contribution is -2.38. The van der Waals surface area contributed by atoms with Crippen LogP contribution in [0, 0.1) is 6.92 Å². The fourth-order valence-electron chi connectivity index (χ4n) is 1.97. The summed E-state index contributed by atoms with van der Waals surface area (Å²) in [6, 6.07) is 0.525. The molecule has 104 valence electrons. The number of aromatic nitrogens is 2. The van der Waals surface area contributed by atoms with Crippen LogP contribution in [0.2, 0.25) is 0 Å². The van der Waals surface area contributed by atoms with Crippen molar-refractivity contribution >= 4 is 11.8 Å². The summed E-state index contributed by atoms with van der Waals surface area (Å²) in [5.74, 6) is 0.640. The molecule has 0 spiro atoms. The fraction of sp³-hybridized carbons (Fsp3) is 0.846. The van der Waals surface area contributed by atoms with Gasteiger partial charge in [0.05, 0.1) is 0 Å². The van der Waals surface area contributed by atoms with Crippen molar-refractivity contribution in [2.45, 2.75) is 69.9 Å². The van der Waals surface area contributed by atoms with E-state index in [2.05, 4.69) is 36.3 Å². The Morgan fingerprint density at radius 1 is 1.22 bits per heavy atom.